The summed E-state index contributed by atoms with van der Waals surface area (Å²) < 4.78 is 11.0. The zero-order chi connectivity index (χ0) is 28.3. The number of aliphatic hydroxyl groups excluding tert-OH is 1. The predicted molar refractivity (Wildman–Crippen MR) is 151 cm³/mol. The number of anilines is 1. The van der Waals surface area contributed by atoms with Crippen molar-refractivity contribution in [3.63, 3.8) is 0 Å². The van der Waals surface area contributed by atoms with Crippen molar-refractivity contribution in [1.29, 1.82) is 0 Å². The quantitative estimate of drug-likeness (QED) is 0.213. The number of amides is 2. The van der Waals surface area contributed by atoms with Gasteiger partial charge in [-0.3, -0.25) is 19.3 Å². The molecule has 2 saturated heterocycles. The first-order chi connectivity index (χ1) is 19.4. The van der Waals surface area contributed by atoms with E-state index in [9.17, 15) is 19.5 Å². The number of ketones is 1. The van der Waals surface area contributed by atoms with Gasteiger partial charge in [-0.2, -0.15) is 0 Å². The lowest BCUT2D eigenvalue weighted by molar-refractivity contribution is -0.143. The maximum Gasteiger partial charge on any atom is 0.296 e. The van der Waals surface area contributed by atoms with Crippen molar-refractivity contribution in [3.05, 3.63) is 90.5 Å². The Hall–Kier alpha value is -4.21. The number of rotatable bonds is 10. The average Bonchev–Trinajstić information content (AvgIpc) is 3.35. The van der Waals surface area contributed by atoms with Crippen molar-refractivity contribution < 1.29 is 29.0 Å². The van der Waals surface area contributed by atoms with Gasteiger partial charge in [0.2, 0.25) is 0 Å². The topological polar surface area (TPSA) is 99.6 Å². The third-order valence-corrected chi connectivity index (χ3v) is 7.58. The Morgan fingerprint density at radius 3 is 2.42 bits per heavy atom. The van der Waals surface area contributed by atoms with Crippen LogP contribution in [0.1, 0.15) is 17.5 Å². The summed E-state index contributed by atoms with van der Waals surface area (Å²) in [7, 11) is 0. The molecule has 0 aromatic heterocycles. The van der Waals surface area contributed by atoms with Crippen LogP contribution in [0.5, 0.6) is 5.75 Å². The molecule has 3 aliphatic rings. The molecule has 1 unspecified atom stereocenters. The van der Waals surface area contributed by atoms with Gasteiger partial charge in [0.1, 0.15) is 18.1 Å². The molecule has 208 valence electrons. The van der Waals surface area contributed by atoms with Gasteiger partial charge in [-0.1, -0.05) is 36.9 Å². The number of likely N-dealkylation sites (tertiary alicyclic amines) is 1. The van der Waals surface area contributed by atoms with E-state index in [1.54, 1.807) is 60.7 Å². The van der Waals surface area contributed by atoms with E-state index in [0.717, 1.165) is 13.1 Å². The van der Waals surface area contributed by atoms with Crippen LogP contribution in [0.25, 0.3) is 5.76 Å². The zero-order valence-corrected chi connectivity index (χ0v) is 22.4. The number of Topliss-reactive ketones (excluding diaryl/α,β-unsaturated/α-hetero) is 1. The maximum absolute atomic E-state index is 14.4. The molecule has 2 aromatic carbocycles. The number of carbonyl (C=O) groups is 3. The Bertz CT molecular complexity index is 1360. The van der Waals surface area contributed by atoms with Crippen LogP contribution in [0.2, 0.25) is 0 Å². The van der Waals surface area contributed by atoms with Crippen LogP contribution >= 0.6 is 0 Å². The molecule has 0 aliphatic carbocycles. The normalized spacial score (nSPS) is 22.1. The van der Waals surface area contributed by atoms with Crippen LogP contribution in [0.15, 0.2) is 79.4 Å². The van der Waals surface area contributed by atoms with Crippen LogP contribution in [-0.2, 0) is 24.7 Å². The summed E-state index contributed by atoms with van der Waals surface area (Å²) >= 11 is 0. The molecule has 2 aromatic rings. The highest BCUT2D eigenvalue weighted by Crippen LogP contribution is 2.53. The minimum atomic E-state index is -1.79. The van der Waals surface area contributed by atoms with E-state index in [1.807, 2.05) is 0 Å². The first kappa shape index (κ1) is 27.4. The molecule has 9 nitrogen and oxygen atoms in total. The SMILES string of the molecule is C=CCOc1ccc(C(O)=C2C(=O)C(=O)N(CCCN3CCOCC3)C23C(=O)N(CC=C)c2ccccc23)cc1. The van der Waals surface area contributed by atoms with E-state index in [1.165, 1.54) is 9.80 Å². The van der Waals surface area contributed by atoms with Crippen LogP contribution in [0.3, 0.4) is 0 Å². The second kappa shape index (κ2) is 11.5. The van der Waals surface area contributed by atoms with E-state index >= 15 is 0 Å². The molecular formula is C31H33N3O6. The largest absolute Gasteiger partial charge is 0.507 e. The average molecular weight is 544 g/mol. The fraction of sp³-hybridized carbons (Fsp3) is 0.323. The first-order valence-corrected chi connectivity index (χ1v) is 13.4. The lowest BCUT2D eigenvalue weighted by atomic mass is 9.82. The van der Waals surface area contributed by atoms with Gasteiger partial charge >= 0.3 is 0 Å². The van der Waals surface area contributed by atoms with E-state index in [-0.39, 0.29) is 18.7 Å². The third-order valence-electron chi connectivity index (χ3n) is 7.58. The highest BCUT2D eigenvalue weighted by atomic mass is 16.5. The number of carbonyl (C=O) groups excluding carboxylic acids is 3. The number of hydrogen-bond acceptors (Lipinski definition) is 7. The second-order valence-corrected chi connectivity index (χ2v) is 9.87. The second-order valence-electron chi connectivity index (χ2n) is 9.87. The lowest BCUT2D eigenvalue weighted by Gasteiger charge is -2.35. The summed E-state index contributed by atoms with van der Waals surface area (Å²) in [6.07, 6.45) is 3.76. The molecule has 2 amide bonds. The molecule has 5 rings (SSSR count). The van der Waals surface area contributed by atoms with E-state index < -0.39 is 28.9 Å². The summed E-state index contributed by atoms with van der Waals surface area (Å²) in [5, 5.41) is 11.6. The van der Waals surface area contributed by atoms with E-state index in [2.05, 4.69) is 18.1 Å². The van der Waals surface area contributed by atoms with Gasteiger partial charge in [-0.15, -0.1) is 6.58 Å². The van der Waals surface area contributed by atoms with Crippen molar-refractivity contribution >= 4 is 29.0 Å². The molecular weight excluding hydrogens is 510 g/mol. The summed E-state index contributed by atoms with van der Waals surface area (Å²) in [6, 6.07) is 13.6. The minimum absolute atomic E-state index is 0.162. The van der Waals surface area contributed by atoms with E-state index in [4.69, 9.17) is 9.47 Å². The van der Waals surface area contributed by atoms with Crippen LogP contribution in [0, 0.1) is 0 Å². The molecule has 3 aliphatic heterocycles. The molecule has 0 bridgehead atoms. The van der Waals surface area contributed by atoms with E-state index in [0.29, 0.717) is 55.4 Å². The Morgan fingerprint density at radius 1 is 1.00 bits per heavy atom. The lowest BCUT2D eigenvalue weighted by Crippen LogP contribution is -2.52. The molecule has 2 fully saturated rings. The first-order valence-electron chi connectivity index (χ1n) is 13.4. The van der Waals surface area contributed by atoms with Gasteiger partial charge in [-0.05, 0) is 36.8 Å². The predicted octanol–water partition coefficient (Wildman–Crippen LogP) is 3.08. The molecule has 3 heterocycles. The number of benzene rings is 2. The highest BCUT2D eigenvalue weighted by Gasteiger charge is 2.66. The Balaban J connectivity index is 1.61. The van der Waals surface area contributed by atoms with Crippen molar-refractivity contribution in [2.45, 2.75) is 12.0 Å². The summed E-state index contributed by atoms with van der Waals surface area (Å²) in [5.74, 6) is -2.02. The number of hydrogen-bond donors (Lipinski definition) is 1. The minimum Gasteiger partial charge on any atom is -0.507 e. The fourth-order valence-corrected chi connectivity index (χ4v) is 5.76. The van der Waals surface area contributed by atoms with Crippen LogP contribution < -0.4 is 9.64 Å². The number of nitrogens with zero attached hydrogens (tertiary/aromatic N) is 3. The molecule has 9 heteroatoms. The number of aliphatic hydroxyl groups is 1. The summed E-state index contributed by atoms with van der Waals surface area (Å²) in [6.45, 7) is 11.6. The van der Waals surface area contributed by atoms with Gasteiger partial charge in [0.25, 0.3) is 17.6 Å². The van der Waals surface area contributed by atoms with Gasteiger partial charge in [-0.25, -0.2) is 0 Å². The molecule has 0 radical (unpaired) electrons. The number of morpholine rings is 1. The maximum atomic E-state index is 14.4. The number of fused-ring (bicyclic) bond motifs is 2. The molecule has 1 spiro atoms. The molecule has 0 saturated carbocycles. The monoisotopic (exact) mass is 543 g/mol. The number of para-hydroxylation sites is 1. The highest BCUT2D eigenvalue weighted by molar-refractivity contribution is 6.50. The van der Waals surface area contributed by atoms with Gasteiger partial charge < -0.3 is 24.4 Å². The standard InChI is InChI=1S/C31H33N3O6/c1-3-14-33-25-9-6-5-8-24(25)31(30(33)38)26(27(35)22-10-12-23(13-11-22)40-19-4-2)28(36)29(37)34(31)16-7-15-32-17-20-39-21-18-32/h3-6,8-13,35H,1-2,7,14-21H2. The van der Waals surface area contributed by atoms with Gasteiger partial charge in [0.15, 0.2) is 5.54 Å². The Kier molecular flexibility index (Phi) is 7.86. The summed E-state index contributed by atoms with van der Waals surface area (Å²) in [5.41, 5.74) is -0.663. The van der Waals surface area contributed by atoms with Crippen molar-refractivity contribution in [3.8, 4) is 5.75 Å². The Labute approximate surface area is 233 Å². The third kappa shape index (κ3) is 4.51. The smallest absolute Gasteiger partial charge is 0.296 e. The fourth-order valence-electron chi connectivity index (χ4n) is 5.76. The van der Waals surface area contributed by atoms with Crippen LogP contribution in [-0.4, -0.2) is 85.0 Å². The van der Waals surface area contributed by atoms with Crippen LogP contribution in [0.4, 0.5) is 5.69 Å². The summed E-state index contributed by atoms with van der Waals surface area (Å²) in [4.78, 5) is 46.9. The molecule has 40 heavy (non-hydrogen) atoms. The molecule has 1 atom stereocenters. The van der Waals surface area contributed by atoms with Crippen molar-refractivity contribution in [2.24, 2.45) is 0 Å². The van der Waals surface area contributed by atoms with Gasteiger partial charge in [0, 0.05) is 43.9 Å². The molecule has 1 N–H and O–H groups in total. The van der Waals surface area contributed by atoms with Gasteiger partial charge in [0.05, 0.1) is 24.5 Å². The Morgan fingerprint density at radius 2 is 1.73 bits per heavy atom. The van der Waals surface area contributed by atoms with Crippen molar-refractivity contribution in [1.82, 2.24) is 9.80 Å². The zero-order valence-electron chi connectivity index (χ0n) is 22.4. The van der Waals surface area contributed by atoms with Crippen molar-refractivity contribution in [2.75, 3.05) is 57.4 Å². The number of ether oxygens (including phenoxy) is 2.